The van der Waals surface area contributed by atoms with Crippen molar-refractivity contribution in [2.24, 2.45) is 0 Å². The molecule has 1 aromatic heterocycles. The molecule has 3 nitrogen and oxygen atoms in total. The van der Waals surface area contributed by atoms with E-state index < -0.39 is 0 Å². The molecule has 21 heavy (non-hydrogen) atoms. The lowest BCUT2D eigenvalue weighted by Gasteiger charge is -2.15. The summed E-state index contributed by atoms with van der Waals surface area (Å²) in [6, 6.07) is 8.71. The van der Waals surface area contributed by atoms with Crippen LogP contribution >= 0.6 is 11.3 Å². The van der Waals surface area contributed by atoms with Crippen molar-refractivity contribution in [3.8, 4) is 0 Å². The second-order valence-corrected chi connectivity index (χ2v) is 6.59. The van der Waals surface area contributed by atoms with Crippen LogP contribution in [0.3, 0.4) is 0 Å². The lowest BCUT2D eigenvalue weighted by Crippen LogP contribution is -2.16. The van der Waals surface area contributed by atoms with Gasteiger partial charge >= 0.3 is 0 Å². The van der Waals surface area contributed by atoms with Gasteiger partial charge in [0.2, 0.25) is 0 Å². The molecular weight excluding hydrogens is 278 g/mol. The van der Waals surface area contributed by atoms with Gasteiger partial charge in [-0.1, -0.05) is 36.8 Å². The monoisotopic (exact) mass is 303 g/mol. The van der Waals surface area contributed by atoms with Crippen LogP contribution in [-0.2, 0) is 13.1 Å². The molecule has 0 saturated carbocycles. The number of aryl methyl sites for hydroxylation is 2. The SMILES string of the molecule is CCCNCc1sc(N(C)Cc2ccc(C)cc2)nc1C. The van der Waals surface area contributed by atoms with Crippen LogP contribution in [0.5, 0.6) is 0 Å². The maximum Gasteiger partial charge on any atom is 0.185 e. The summed E-state index contributed by atoms with van der Waals surface area (Å²) in [5, 5.41) is 4.55. The highest BCUT2D eigenvalue weighted by molar-refractivity contribution is 7.15. The molecule has 4 heteroatoms. The Morgan fingerprint density at radius 3 is 2.57 bits per heavy atom. The summed E-state index contributed by atoms with van der Waals surface area (Å²) in [7, 11) is 2.11. The van der Waals surface area contributed by atoms with Gasteiger partial charge < -0.3 is 10.2 Å². The smallest absolute Gasteiger partial charge is 0.185 e. The molecule has 114 valence electrons. The van der Waals surface area contributed by atoms with Gasteiger partial charge in [0.05, 0.1) is 5.69 Å². The summed E-state index contributed by atoms with van der Waals surface area (Å²) >= 11 is 1.79. The van der Waals surface area contributed by atoms with Gasteiger partial charge in [0.25, 0.3) is 0 Å². The van der Waals surface area contributed by atoms with Crippen molar-refractivity contribution < 1.29 is 0 Å². The van der Waals surface area contributed by atoms with E-state index in [9.17, 15) is 0 Å². The molecule has 2 aromatic rings. The van der Waals surface area contributed by atoms with Crippen molar-refractivity contribution in [1.29, 1.82) is 0 Å². The lowest BCUT2D eigenvalue weighted by molar-refractivity contribution is 0.678. The first-order valence-electron chi connectivity index (χ1n) is 7.54. The number of hydrogen-bond acceptors (Lipinski definition) is 4. The normalized spacial score (nSPS) is 10.9. The number of aromatic nitrogens is 1. The Balaban J connectivity index is 2.00. The summed E-state index contributed by atoms with van der Waals surface area (Å²) in [4.78, 5) is 8.28. The van der Waals surface area contributed by atoms with E-state index in [-0.39, 0.29) is 0 Å². The second-order valence-electron chi connectivity index (χ2n) is 5.52. The number of thiazole rings is 1. The number of anilines is 1. The molecule has 0 aliphatic carbocycles. The summed E-state index contributed by atoms with van der Waals surface area (Å²) in [5.74, 6) is 0. The third-order valence-electron chi connectivity index (χ3n) is 3.46. The third kappa shape index (κ3) is 4.55. The first-order chi connectivity index (χ1) is 10.1. The molecule has 0 atom stereocenters. The van der Waals surface area contributed by atoms with Crippen LogP contribution in [0.4, 0.5) is 5.13 Å². The van der Waals surface area contributed by atoms with Gasteiger partial charge in [-0.05, 0) is 32.4 Å². The molecule has 0 spiro atoms. The number of nitrogens with zero attached hydrogens (tertiary/aromatic N) is 2. The van der Waals surface area contributed by atoms with Crippen molar-refractivity contribution >= 4 is 16.5 Å². The molecule has 1 N–H and O–H groups in total. The fourth-order valence-corrected chi connectivity index (χ4v) is 3.14. The van der Waals surface area contributed by atoms with E-state index in [4.69, 9.17) is 4.98 Å². The molecular formula is C17H25N3S. The standard InChI is InChI=1S/C17H25N3S/c1-5-10-18-11-16-14(3)19-17(21-16)20(4)12-15-8-6-13(2)7-9-15/h6-9,18H,5,10-12H2,1-4H3. The van der Waals surface area contributed by atoms with E-state index in [2.05, 4.69) is 62.3 Å². The van der Waals surface area contributed by atoms with Crippen molar-refractivity contribution in [3.05, 3.63) is 46.0 Å². The number of hydrogen-bond donors (Lipinski definition) is 1. The van der Waals surface area contributed by atoms with Crippen molar-refractivity contribution in [2.75, 3.05) is 18.5 Å². The molecule has 0 amide bonds. The zero-order chi connectivity index (χ0) is 15.2. The van der Waals surface area contributed by atoms with Gasteiger partial charge in [0, 0.05) is 25.0 Å². The number of rotatable bonds is 7. The minimum absolute atomic E-state index is 0.898. The Kier molecular flexibility index (Phi) is 5.76. The Morgan fingerprint density at radius 2 is 1.90 bits per heavy atom. The van der Waals surface area contributed by atoms with Crippen molar-refractivity contribution in [1.82, 2.24) is 10.3 Å². The highest BCUT2D eigenvalue weighted by atomic mass is 32.1. The maximum absolute atomic E-state index is 4.71. The average Bonchev–Trinajstić information content (AvgIpc) is 2.83. The predicted octanol–water partition coefficient (Wildman–Crippen LogP) is 3.90. The molecule has 0 aliphatic heterocycles. The highest BCUT2D eigenvalue weighted by Crippen LogP contribution is 2.26. The van der Waals surface area contributed by atoms with Crippen LogP contribution < -0.4 is 10.2 Å². The molecule has 0 bridgehead atoms. The van der Waals surface area contributed by atoms with Gasteiger partial charge in [-0.15, -0.1) is 11.3 Å². The minimum Gasteiger partial charge on any atom is -0.347 e. The minimum atomic E-state index is 0.898. The van der Waals surface area contributed by atoms with Crippen LogP contribution in [0.25, 0.3) is 0 Å². The predicted molar refractivity (Wildman–Crippen MR) is 92.1 cm³/mol. The third-order valence-corrected chi connectivity index (χ3v) is 4.73. The first-order valence-corrected chi connectivity index (χ1v) is 8.35. The van der Waals surface area contributed by atoms with E-state index in [0.717, 1.165) is 36.9 Å². The van der Waals surface area contributed by atoms with Crippen LogP contribution in [-0.4, -0.2) is 18.6 Å². The fourth-order valence-electron chi connectivity index (χ4n) is 2.15. The van der Waals surface area contributed by atoms with Crippen LogP contribution in [0, 0.1) is 13.8 Å². The van der Waals surface area contributed by atoms with Gasteiger partial charge in [-0.25, -0.2) is 4.98 Å². The summed E-state index contributed by atoms with van der Waals surface area (Å²) in [5.41, 5.74) is 3.77. The molecule has 0 radical (unpaired) electrons. The van der Waals surface area contributed by atoms with Crippen LogP contribution in [0.1, 0.15) is 35.0 Å². The van der Waals surface area contributed by atoms with E-state index in [0.29, 0.717) is 0 Å². The van der Waals surface area contributed by atoms with E-state index in [1.54, 1.807) is 11.3 Å². The summed E-state index contributed by atoms with van der Waals surface area (Å²) < 4.78 is 0. The molecule has 0 fully saturated rings. The van der Waals surface area contributed by atoms with Gasteiger partial charge in [-0.3, -0.25) is 0 Å². The summed E-state index contributed by atoms with van der Waals surface area (Å²) in [6.45, 7) is 9.29. The molecule has 2 rings (SSSR count). The molecule has 1 aromatic carbocycles. The first kappa shape index (κ1) is 16.0. The Hall–Kier alpha value is -1.39. The Labute approximate surface area is 132 Å². The average molecular weight is 303 g/mol. The zero-order valence-electron chi connectivity index (χ0n) is 13.4. The number of nitrogens with one attached hydrogen (secondary N) is 1. The second kappa shape index (κ2) is 7.57. The molecule has 1 heterocycles. The largest absolute Gasteiger partial charge is 0.347 e. The lowest BCUT2D eigenvalue weighted by atomic mass is 10.1. The van der Waals surface area contributed by atoms with Gasteiger partial charge in [-0.2, -0.15) is 0 Å². The topological polar surface area (TPSA) is 28.2 Å². The quantitative estimate of drug-likeness (QED) is 0.786. The Bertz CT molecular complexity index is 560. The van der Waals surface area contributed by atoms with Crippen molar-refractivity contribution in [3.63, 3.8) is 0 Å². The Morgan fingerprint density at radius 1 is 1.19 bits per heavy atom. The molecule has 0 saturated heterocycles. The van der Waals surface area contributed by atoms with Crippen LogP contribution in [0.2, 0.25) is 0 Å². The zero-order valence-corrected chi connectivity index (χ0v) is 14.3. The number of benzene rings is 1. The summed E-state index contributed by atoms with van der Waals surface area (Å²) in [6.07, 6.45) is 1.16. The maximum atomic E-state index is 4.71. The van der Waals surface area contributed by atoms with Crippen molar-refractivity contribution in [2.45, 2.75) is 40.3 Å². The van der Waals surface area contributed by atoms with Crippen LogP contribution in [0.15, 0.2) is 24.3 Å². The highest BCUT2D eigenvalue weighted by Gasteiger charge is 2.11. The van der Waals surface area contributed by atoms with E-state index in [1.165, 1.54) is 16.0 Å². The van der Waals surface area contributed by atoms with Gasteiger partial charge in [0.15, 0.2) is 5.13 Å². The van der Waals surface area contributed by atoms with E-state index in [1.807, 2.05) is 0 Å². The van der Waals surface area contributed by atoms with E-state index >= 15 is 0 Å². The molecule has 0 aliphatic rings. The fraction of sp³-hybridized carbons (Fsp3) is 0.471. The van der Waals surface area contributed by atoms with Gasteiger partial charge in [0.1, 0.15) is 0 Å². The molecule has 0 unspecified atom stereocenters.